The minimum atomic E-state index is 0.273. The summed E-state index contributed by atoms with van der Waals surface area (Å²) in [4.78, 5) is 0. The number of benzene rings is 2. The molecule has 1 heteroatoms. The van der Waals surface area contributed by atoms with E-state index in [4.69, 9.17) is 0 Å². The zero-order valence-corrected chi connectivity index (χ0v) is 13.3. The normalized spacial score (nSPS) is 30.3. The van der Waals surface area contributed by atoms with Crippen molar-refractivity contribution in [1.29, 1.82) is 0 Å². The molecule has 3 atom stereocenters. The van der Waals surface area contributed by atoms with Crippen LogP contribution in [0.1, 0.15) is 45.6 Å². The summed E-state index contributed by atoms with van der Waals surface area (Å²) in [5.41, 5.74) is 3.18. The van der Waals surface area contributed by atoms with E-state index < -0.39 is 0 Å². The van der Waals surface area contributed by atoms with Gasteiger partial charge in [-0.2, -0.15) is 0 Å². The first kappa shape index (κ1) is 13.2. The Balaban J connectivity index is 1.91. The first-order valence-corrected chi connectivity index (χ1v) is 8.36. The molecular weight excluding hydrogens is 254 g/mol. The van der Waals surface area contributed by atoms with Gasteiger partial charge in [0.2, 0.25) is 0 Å². The van der Waals surface area contributed by atoms with E-state index in [0.29, 0.717) is 6.04 Å². The molecule has 0 saturated heterocycles. The molecule has 1 heterocycles. The lowest BCUT2D eigenvalue weighted by Gasteiger charge is -2.50. The molecule has 21 heavy (non-hydrogen) atoms. The van der Waals surface area contributed by atoms with E-state index in [1.807, 2.05) is 0 Å². The van der Waals surface area contributed by atoms with E-state index in [9.17, 15) is 0 Å². The molecule has 110 valence electrons. The van der Waals surface area contributed by atoms with Gasteiger partial charge >= 0.3 is 0 Å². The Morgan fingerprint density at radius 2 is 1.86 bits per heavy atom. The Morgan fingerprint density at radius 1 is 1.05 bits per heavy atom. The van der Waals surface area contributed by atoms with E-state index in [2.05, 4.69) is 62.5 Å². The summed E-state index contributed by atoms with van der Waals surface area (Å²) in [7, 11) is 0. The van der Waals surface area contributed by atoms with Crippen LogP contribution >= 0.6 is 0 Å². The van der Waals surface area contributed by atoms with Gasteiger partial charge in [-0.25, -0.2) is 0 Å². The molecule has 1 aliphatic carbocycles. The molecule has 0 unspecified atom stereocenters. The van der Waals surface area contributed by atoms with Crippen LogP contribution in [0.15, 0.2) is 36.4 Å². The Kier molecular flexibility index (Phi) is 2.82. The third-order valence-electron chi connectivity index (χ3n) is 5.99. The maximum atomic E-state index is 3.93. The van der Waals surface area contributed by atoms with E-state index in [0.717, 1.165) is 11.8 Å². The molecular formula is C20H25N. The summed E-state index contributed by atoms with van der Waals surface area (Å²) in [6.45, 7) is 7.31. The lowest BCUT2D eigenvalue weighted by atomic mass is 9.61. The number of fused-ring (bicyclic) bond motifs is 4. The fraction of sp³-hybridized carbons (Fsp3) is 0.500. The van der Waals surface area contributed by atoms with Crippen LogP contribution in [0.2, 0.25) is 0 Å². The van der Waals surface area contributed by atoms with Crippen LogP contribution < -0.4 is 5.32 Å². The van der Waals surface area contributed by atoms with Crippen LogP contribution in [-0.4, -0.2) is 6.04 Å². The van der Waals surface area contributed by atoms with Crippen LogP contribution in [0, 0.1) is 11.8 Å². The highest BCUT2D eigenvalue weighted by Gasteiger charge is 2.44. The Hall–Kier alpha value is -1.50. The van der Waals surface area contributed by atoms with Crippen LogP contribution in [0.25, 0.3) is 10.8 Å². The molecule has 2 aromatic rings. The van der Waals surface area contributed by atoms with E-state index in [-0.39, 0.29) is 5.41 Å². The maximum absolute atomic E-state index is 3.93. The number of nitrogens with one attached hydrogen (secondary N) is 1. The highest BCUT2D eigenvalue weighted by atomic mass is 15.0. The van der Waals surface area contributed by atoms with Crippen LogP contribution in [0.5, 0.6) is 0 Å². The molecule has 4 rings (SSSR count). The minimum Gasteiger partial charge on any atom is -0.381 e. The van der Waals surface area contributed by atoms with Crippen LogP contribution in [-0.2, 0) is 5.41 Å². The number of hydrogen-bond acceptors (Lipinski definition) is 1. The summed E-state index contributed by atoms with van der Waals surface area (Å²) >= 11 is 0. The smallest absolute Gasteiger partial charge is 0.0460 e. The molecule has 1 aliphatic heterocycles. The van der Waals surface area contributed by atoms with Gasteiger partial charge in [0.25, 0.3) is 0 Å². The van der Waals surface area contributed by atoms with Crippen molar-refractivity contribution in [1.82, 2.24) is 0 Å². The van der Waals surface area contributed by atoms with Gasteiger partial charge in [0.15, 0.2) is 0 Å². The van der Waals surface area contributed by atoms with Crippen molar-refractivity contribution >= 4 is 16.5 Å². The highest BCUT2D eigenvalue weighted by Crippen LogP contribution is 2.50. The SMILES string of the molecule is C[C@@H]1CC[C@@H]2[C@@H](C1)Nc1c(ccc3ccccc13)C2(C)C. The van der Waals surface area contributed by atoms with Crippen LogP contribution in [0.4, 0.5) is 5.69 Å². The Morgan fingerprint density at radius 3 is 2.71 bits per heavy atom. The fourth-order valence-electron chi connectivity index (χ4n) is 4.75. The summed E-state index contributed by atoms with van der Waals surface area (Å²) in [6.07, 6.45) is 4.06. The second-order valence-electron chi connectivity index (χ2n) is 7.71. The predicted octanol–water partition coefficient (Wildman–Crippen LogP) is 5.35. The molecule has 0 amide bonds. The zero-order valence-electron chi connectivity index (χ0n) is 13.3. The average molecular weight is 279 g/mol. The van der Waals surface area contributed by atoms with Gasteiger partial charge in [0.05, 0.1) is 0 Å². The number of anilines is 1. The Bertz CT molecular complexity index is 685. The molecule has 0 radical (unpaired) electrons. The molecule has 0 bridgehead atoms. The Labute approximate surface area is 127 Å². The molecule has 0 spiro atoms. The van der Waals surface area contributed by atoms with E-state index >= 15 is 0 Å². The fourth-order valence-corrected chi connectivity index (χ4v) is 4.75. The lowest BCUT2D eigenvalue weighted by Crippen LogP contribution is -2.49. The van der Waals surface area contributed by atoms with Gasteiger partial charge in [-0.05, 0) is 41.0 Å². The van der Waals surface area contributed by atoms with Gasteiger partial charge in [-0.1, -0.05) is 63.6 Å². The van der Waals surface area contributed by atoms with Crippen molar-refractivity contribution in [3.05, 3.63) is 42.0 Å². The standard InChI is InChI=1S/C20H25N/c1-13-8-10-16-18(12-13)21-19-15-7-5-4-6-14(15)9-11-17(19)20(16,2)3/h4-7,9,11,13,16,18,21H,8,10,12H2,1-3H3/t13-,16-,18-/m1/s1. The third kappa shape index (κ3) is 1.90. The van der Waals surface area contributed by atoms with E-state index in [1.54, 1.807) is 0 Å². The summed E-state index contributed by atoms with van der Waals surface area (Å²) in [5.74, 6) is 1.62. The van der Waals surface area contributed by atoms with Gasteiger partial charge in [-0.15, -0.1) is 0 Å². The summed E-state index contributed by atoms with van der Waals surface area (Å²) in [5, 5.41) is 6.67. The topological polar surface area (TPSA) is 12.0 Å². The van der Waals surface area contributed by atoms with E-state index in [1.165, 1.54) is 41.3 Å². The predicted molar refractivity (Wildman–Crippen MR) is 90.9 cm³/mol. The largest absolute Gasteiger partial charge is 0.381 e. The van der Waals surface area contributed by atoms with Gasteiger partial charge in [-0.3, -0.25) is 0 Å². The molecule has 1 saturated carbocycles. The average Bonchev–Trinajstić information content (AvgIpc) is 2.46. The maximum Gasteiger partial charge on any atom is 0.0460 e. The van der Waals surface area contributed by atoms with Crippen molar-refractivity contribution in [3.8, 4) is 0 Å². The van der Waals surface area contributed by atoms with Crippen molar-refractivity contribution < 1.29 is 0 Å². The second kappa shape index (κ2) is 4.50. The zero-order chi connectivity index (χ0) is 14.6. The highest BCUT2D eigenvalue weighted by molar-refractivity contribution is 5.96. The summed E-state index contributed by atoms with van der Waals surface area (Å²) in [6, 6.07) is 14.1. The second-order valence-corrected chi connectivity index (χ2v) is 7.71. The van der Waals surface area contributed by atoms with Crippen molar-refractivity contribution in [2.45, 2.75) is 51.5 Å². The quantitative estimate of drug-likeness (QED) is 0.685. The molecule has 2 aromatic carbocycles. The molecule has 0 aromatic heterocycles. The monoisotopic (exact) mass is 279 g/mol. The van der Waals surface area contributed by atoms with Crippen LogP contribution in [0.3, 0.4) is 0 Å². The first-order chi connectivity index (χ1) is 10.1. The number of rotatable bonds is 0. The molecule has 2 aliphatic rings. The first-order valence-electron chi connectivity index (χ1n) is 8.36. The lowest BCUT2D eigenvalue weighted by molar-refractivity contribution is 0.174. The van der Waals surface area contributed by atoms with Crippen molar-refractivity contribution in [2.75, 3.05) is 5.32 Å². The van der Waals surface area contributed by atoms with Crippen molar-refractivity contribution in [2.24, 2.45) is 11.8 Å². The van der Waals surface area contributed by atoms with Gasteiger partial charge in [0, 0.05) is 17.1 Å². The number of hydrogen-bond donors (Lipinski definition) is 1. The molecule has 1 fully saturated rings. The summed E-state index contributed by atoms with van der Waals surface area (Å²) < 4.78 is 0. The molecule has 1 nitrogen and oxygen atoms in total. The van der Waals surface area contributed by atoms with Crippen molar-refractivity contribution in [3.63, 3.8) is 0 Å². The molecule has 1 N–H and O–H groups in total. The van der Waals surface area contributed by atoms with Gasteiger partial charge < -0.3 is 5.32 Å². The minimum absolute atomic E-state index is 0.273. The third-order valence-corrected chi connectivity index (χ3v) is 5.99. The van der Waals surface area contributed by atoms with Gasteiger partial charge in [0.1, 0.15) is 0 Å².